The van der Waals surface area contributed by atoms with Gasteiger partial charge in [-0.05, 0) is 54.5 Å². The molecule has 10 nitrogen and oxygen atoms in total. The summed E-state index contributed by atoms with van der Waals surface area (Å²) in [6.07, 6.45) is 8.09. The van der Waals surface area contributed by atoms with Crippen molar-refractivity contribution in [3.8, 4) is 16.9 Å². The molecular weight excluding hydrogens is 576 g/mol. The summed E-state index contributed by atoms with van der Waals surface area (Å²) in [6, 6.07) is 15.5. The molecule has 2 aromatic carbocycles. The van der Waals surface area contributed by atoms with Gasteiger partial charge in [0.2, 0.25) is 0 Å². The molecule has 0 radical (unpaired) electrons. The summed E-state index contributed by atoms with van der Waals surface area (Å²) in [6.45, 7) is 1.91. The number of hydrogen-bond donors (Lipinski definition) is 4. The molecular formula is C33H36N6O4S. The van der Waals surface area contributed by atoms with Gasteiger partial charge in [0.25, 0.3) is 5.91 Å². The fourth-order valence-corrected chi connectivity index (χ4v) is 6.43. The van der Waals surface area contributed by atoms with E-state index >= 15 is 0 Å². The van der Waals surface area contributed by atoms with Crippen molar-refractivity contribution in [2.45, 2.75) is 19.3 Å². The number of nitrogens with two attached hydrogens (primary N) is 2. The number of carboxylic acid groups (broad SMARTS) is 1. The summed E-state index contributed by atoms with van der Waals surface area (Å²) in [7, 11) is 3.47. The summed E-state index contributed by atoms with van der Waals surface area (Å²) < 4.78 is 8.57. The van der Waals surface area contributed by atoms with Crippen molar-refractivity contribution in [3.63, 3.8) is 0 Å². The van der Waals surface area contributed by atoms with Gasteiger partial charge in [-0.15, -0.1) is 11.3 Å². The molecule has 44 heavy (non-hydrogen) atoms. The molecule has 3 aromatic heterocycles. The number of pyridine rings is 1. The zero-order valence-corrected chi connectivity index (χ0v) is 25.6. The van der Waals surface area contributed by atoms with Crippen LogP contribution in [0.15, 0.2) is 66.2 Å². The molecule has 0 saturated carbocycles. The molecule has 0 aliphatic carbocycles. The van der Waals surface area contributed by atoms with Crippen LogP contribution >= 0.6 is 11.3 Å². The van der Waals surface area contributed by atoms with E-state index in [9.17, 15) is 9.59 Å². The highest BCUT2D eigenvalue weighted by Crippen LogP contribution is 2.41. The Kier molecular flexibility index (Phi) is 9.47. The number of methoxy groups -OCH3 is 1. The van der Waals surface area contributed by atoms with Gasteiger partial charge in [0.15, 0.2) is 0 Å². The maximum atomic E-state index is 13.1. The first-order chi connectivity index (χ1) is 21.3. The minimum Gasteiger partial charge on any atom is -0.495 e. The fourth-order valence-electron chi connectivity index (χ4n) is 5.35. The first-order valence-corrected chi connectivity index (χ1v) is 15.2. The number of aryl methyl sites for hydroxylation is 1. The average Bonchev–Trinajstić information content (AvgIpc) is 3.64. The molecule has 0 unspecified atom stereocenters. The second-order valence-electron chi connectivity index (χ2n) is 10.4. The quantitative estimate of drug-likeness (QED) is 0.173. The van der Waals surface area contributed by atoms with Crippen molar-refractivity contribution < 1.29 is 19.4 Å². The number of thiophene rings is 1. The Bertz CT molecular complexity index is 1840. The van der Waals surface area contributed by atoms with Crippen LogP contribution in [0.5, 0.6) is 5.75 Å². The number of carbonyl (C=O) groups is 2. The van der Waals surface area contributed by atoms with Crippen molar-refractivity contribution in [2.24, 2.45) is 12.8 Å². The Morgan fingerprint density at radius 1 is 1.14 bits per heavy atom. The zero-order valence-electron chi connectivity index (χ0n) is 24.7. The highest BCUT2D eigenvalue weighted by Gasteiger charge is 2.18. The van der Waals surface area contributed by atoms with E-state index in [1.807, 2.05) is 72.3 Å². The van der Waals surface area contributed by atoms with Gasteiger partial charge in [-0.3, -0.25) is 4.79 Å². The number of nitrogen functional groups attached to an aromatic ring is 1. The highest BCUT2D eigenvalue weighted by molar-refractivity contribution is 7.18. The fraction of sp³-hybridized carbons (Fsp3) is 0.242. The van der Waals surface area contributed by atoms with Crippen LogP contribution in [0, 0.1) is 0 Å². The Labute approximate surface area is 259 Å². The number of likely N-dealkylation sites (tertiary alicyclic amines) is 1. The van der Waals surface area contributed by atoms with Gasteiger partial charge in [0.1, 0.15) is 17.3 Å². The predicted octanol–water partition coefficient (Wildman–Crippen LogP) is 6.42. The van der Waals surface area contributed by atoms with Gasteiger partial charge in [0, 0.05) is 65.0 Å². The van der Waals surface area contributed by atoms with Gasteiger partial charge in [-0.25, -0.2) is 9.78 Å². The van der Waals surface area contributed by atoms with Gasteiger partial charge in [-0.1, -0.05) is 36.4 Å². The Morgan fingerprint density at radius 2 is 1.91 bits per heavy atom. The number of rotatable bonds is 6. The molecule has 1 aliphatic rings. The lowest BCUT2D eigenvalue weighted by Gasteiger charge is -2.22. The lowest BCUT2D eigenvalue weighted by Crippen LogP contribution is -2.34. The molecule has 228 valence electrons. The largest absolute Gasteiger partial charge is 0.495 e. The number of amides is 2. The first-order valence-electron chi connectivity index (χ1n) is 14.4. The number of para-hydroxylation sites is 1. The SMILES string of the molecule is COc1cc(-c2csc3c(/C=C/CN)cnc(N)c23)ccc1NC(=O)c1cc2ccccc2n1C.O=C(O)N1CCCCC1. The molecule has 0 bridgehead atoms. The van der Waals surface area contributed by atoms with Gasteiger partial charge in [-0.2, -0.15) is 0 Å². The Hall–Kier alpha value is -4.87. The summed E-state index contributed by atoms with van der Waals surface area (Å²) in [5.41, 5.74) is 16.9. The maximum Gasteiger partial charge on any atom is 0.407 e. The van der Waals surface area contributed by atoms with Crippen molar-refractivity contribution in [1.29, 1.82) is 0 Å². The Morgan fingerprint density at radius 3 is 2.59 bits per heavy atom. The smallest absolute Gasteiger partial charge is 0.407 e. The Balaban J connectivity index is 0.000000367. The topological polar surface area (TPSA) is 149 Å². The molecule has 1 aliphatic heterocycles. The molecule has 1 fully saturated rings. The van der Waals surface area contributed by atoms with E-state index in [0.29, 0.717) is 29.5 Å². The molecule has 0 spiro atoms. The number of hydrogen-bond acceptors (Lipinski definition) is 7. The lowest BCUT2D eigenvalue weighted by atomic mass is 10.0. The van der Waals surface area contributed by atoms with E-state index < -0.39 is 6.09 Å². The molecule has 5 aromatic rings. The zero-order chi connectivity index (χ0) is 31.2. The number of anilines is 2. The molecule has 6 N–H and O–H groups in total. The second-order valence-corrected chi connectivity index (χ2v) is 11.3. The van der Waals surface area contributed by atoms with Crippen molar-refractivity contribution in [3.05, 3.63) is 77.4 Å². The number of nitrogens with one attached hydrogen (secondary N) is 1. The van der Waals surface area contributed by atoms with E-state index in [1.165, 1.54) is 11.3 Å². The maximum absolute atomic E-state index is 13.1. The van der Waals surface area contributed by atoms with E-state index in [1.54, 1.807) is 24.6 Å². The highest BCUT2D eigenvalue weighted by atomic mass is 32.1. The second kappa shape index (κ2) is 13.6. The summed E-state index contributed by atoms with van der Waals surface area (Å²) >= 11 is 1.60. The number of aromatic nitrogens is 2. The van der Waals surface area contributed by atoms with Crippen LogP contribution in [0.25, 0.3) is 38.2 Å². The van der Waals surface area contributed by atoms with E-state index in [-0.39, 0.29) is 5.91 Å². The number of nitrogens with zero attached hydrogens (tertiary/aromatic N) is 3. The van der Waals surface area contributed by atoms with Crippen molar-refractivity contribution in [2.75, 3.05) is 37.8 Å². The molecule has 11 heteroatoms. The molecule has 0 atom stereocenters. The third-order valence-electron chi connectivity index (χ3n) is 7.66. The normalized spacial score (nSPS) is 13.2. The van der Waals surface area contributed by atoms with Gasteiger partial charge < -0.3 is 36.1 Å². The van der Waals surface area contributed by atoms with Crippen LogP contribution in [-0.2, 0) is 7.05 Å². The minimum absolute atomic E-state index is 0.208. The minimum atomic E-state index is -0.769. The molecule has 2 amide bonds. The standard InChI is InChI=1S/C27H25N5O2S.C6H11NO2/c1-32-21-8-4-3-6-17(21)12-22(32)27(33)31-20-10-9-16(13-23(20)34-2)19-15-35-25-18(7-5-11-28)14-30-26(29)24(19)25;8-6(9)7-4-2-1-3-5-7/h3-10,12-15H,11,28H2,1-2H3,(H2,29,30)(H,31,33);1-5H2,(H,8,9)/b7-5+;. The number of piperidine rings is 1. The predicted molar refractivity (Wildman–Crippen MR) is 178 cm³/mol. The van der Waals surface area contributed by atoms with E-state index in [4.69, 9.17) is 21.3 Å². The third-order valence-corrected chi connectivity index (χ3v) is 8.69. The van der Waals surface area contributed by atoms with E-state index in [2.05, 4.69) is 15.7 Å². The van der Waals surface area contributed by atoms with Crippen molar-refractivity contribution in [1.82, 2.24) is 14.5 Å². The third kappa shape index (κ3) is 6.38. The van der Waals surface area contributed by atoms with Crippen LogP contribution < -0.4 is 21.5 Å². The number of benzene rings is 2. The monoisotopic (exact) mass is 612 g/mol. The number of carbonyl (C=O) groups excluding carboxylic acids is 1. The van der Waals surface area contributed by atoms with Crippen LogP contribution in [0.3, 0.4) is 0 Å². The molecule has 1 saturated heterocycles. The van der Waals surface area contributed by atoms with Crippen LogP contribution in [0.4, 0.5) is 16.3 Å². The summed E-state index contributed by atoms with van der Waals surface area (Å²) in [5.74, 6) is 0.813. The average molecular weight is 613 g/mol. The summed E-state index contributed by atoms with van der Waals surface area (Å²) in [4.78, 5) is 29.2. The number of ether oxygens (including phenoxy) is 1. The number of fused-ring (bicyclic) bond motifs is 2. The molecule has 4 heterocycles. The van der Waals surface area contributed by atoms with Crippen LogP contribution in [-0.4, -0.2) is 58.3 Å². The lowest BCUT2D eigenvalue weighted by molar-refractivity contribution is 0.101. The van der Waals surface area contributed by atoms with E-state index in [0.717, 1.165) is 63.6 Å². The van der Waals surface area contributed by atoms with Crippen LogP contribution in [0.2, 0.25) is 0 Å². The van der Waals surface area contributed by atoms with Gasteiger partial charge in [0.05, 0.1) is 12.8 Å². The summed E-state index contributed by atoms with van der Waals surface area (Å²) in [5, 5.41) is 15.4. The van der Waals surface area contributed by atoms with Crippen molar-refractivity contribution >= 4 is 61.9 Å². The first kappa shape index (κ1) is 30.6. The molecule has 6 rings (SSSR count). The van der Waals surface area contributed by atoms with Crippen LogP contribution in [0.1, 0.15) is 35.3 Å². The van der Waals surface area contributed by atoms with Gasteiger partial charge >= 0.3 is 6.09 Å².